The number of methoxy groups -OCH3 is 1. The van der Waals surface area contributed by atoms with Gasteiger partial charge in [-0.1, -0.05) is 12.1 Å². The van der Waals surface area contributed by atoms with Crippen molar-refractivity contribution in [1.29, 1.82) is 0 Å². The summed E-state index contributed by atoms with van der Waals surface area (Å²) >= 11 is 0. The average molecular weight is 490 g/mol. The number of fused-ring (bicyclic) bond motifs is 1. The van der Waals surface area contributed by atoms with Gasteiger partial charge in [-0.15, -0.1) is 0 Å². The second-order valence-corrected chi connectivity index (χ2v) is 9.07. The zero-order valence-electron chi connectivity index (χ0n) is 20.3. The van der Waals surface area contributed by atoms with Crippen LogP contribution in [0.2, 0.25) is 0 Å². The normalized spacial score (nSPS) is 15.1. The molecule has 1 aliphatic rings. The fourth-order valence-corrected chi connectivity index (χ4v) is 4.53. The summed E-state index contributed by atoms with van der Waals surface area (Å²) in [5.41, 5.74) is 2.49. The first kappa shape index (κ1) is 23.9. The van der Waals surface area contributed by atoms with Crippen LogP contribution in [0.15, 0.2) is 55.0 Å². The molecular formula is C27H28FN5O3. The number of amides is 1. The maximum absolute atomic E-state index is 14.5. The summed E-state index contributed by atoms with van der Waals surface area (Å²) in [4.78, 5) is 22.6. The highest BCUT2D eigenvalue weighted by Gasteiger charge is 2.22. The fourth-order valence-electron chi connectivity index (χ4n) is 4.53. The molecule has 2 aromatic heterocycles. The van der Waals surface area contributed by atoms with Crippen molar-refractivity contribution < 1.29 is 18.7 Å². The number of ether oxygens (including phenoxy) is 2. The largest absolute Gasteiger partial charge is 0.494 e. The van der Waals surface area contributed by atoms with E-state index in [0.29, 0.717) is 22.6 Å². The predicted octanol–water partition coefficient (Wildman–Crippen LogP) is 4.00. The molecule has 0 aliphatic carbocycles. The quantitative estimate of drug-likeness (QED) is 0.422. The Labute approximate surface area is 208 Å². The number of benzene rings is 2. The first-order valence-electron chi connectivity index (χ1n) is 12.0. The molecule has 1 aliphatic heterocycles. The third-order valence-electron chi connectivity index (χ3n) is 6.55. The molecule has 36 heavy (non-hydrogen) atoms. The summed E-state index contributed by atoms with van der Waals surface area (Å²) in [6, 6.07) is 9.41. The van der Waals surface area contributed by atoms with E-state index in [0.717, 1.165) is 49.3 Å². The van der Waals surface area contributed by atoms with Gasteiger partial charge in [-0.05, 0) is 48.6 Å². The lowest BCUT2D eigenvalue weighted by Crippen LogP contribution is -2.29. The summed E-state index contributed by atoms with van der Waals surface area (Å²) in [7, 11) is 3.20. The second kappa shape index (κ2) is 10.4. The van der Waals surface area contributed by atoms with Gasteiger partial charge in [-0.2, -0.15) is 5.10 Å². The van der Waals surface area contributed by atoms with E-state index in [1.165, 1.54) is 13.2 Å². The molecule has 0 unspecified atom stereocenters. The van der Waals surface area contributed by atoms with Gasteiger partial charge in [-0.3, -0.25) is 9.48 Å². The Balaban J connectivity index is 1.41. The van der Waals surface area contributed by atoms with Crippen molar-refractivity contribution in [2.45, 2.75) is 25.3 Å². The molecule has 0 saturated carbocycles. The topological polar surface area (TPSA) is 91.2 Å². The second-order valence-electron chi connectivity index (χ2n) is 9.07. The lowest BCUT2D eigenvalue weighted by atomic mass is 9.96. The van der Waals surface area contributed by atoms with Crippen molar-refractivity contribution in [3.8, 4) is 5.75 Å². The smallest absolute Gasteiger partial charge is 0.252 e. The van der Waals surface area contributed by atoms with Gasteiger partial charge in [0.15, 0.2) is 11.6 Å². The van der Waals surface area contributed by atoms with E-state index in [4.69, 9.17) is 14.5 Å². The van der Waals surface area contributed by atoms with Gasteiger partial charge in [0, 0.05) is 55.6 Å². The molecule has 2 aromatic carbocycles. The van der Waals surface area contributed by atoms with Crippen LogP contribution in [0.1, 0.15) is 46.2 Å². The van der Waals surface area contributed by atoms with E-state index in [2.05, 4.69) is 15.4 Å². The Morgan fingerprint density at radius 3 is 2.75 bits per heavy atom. The third kappa shape index (κ3) is 5.21. The molecule has 8 nitrogen and oxygen atoms in total. The Bertz CT molecular complexity index is 1380. The molecule has 4 aromatic rings. The van der Waals surface area contributed by atoms with Crippen LogP contribution in [-0.2, 0) is 18.2 Å². The first-order chi connectivity index (χ1) is 17.5. The van der Waals surface area contributed by atoms with Crippen molar-refractivity contribution >= 4 is 16.8 Å². The molecule has 1 amide bonds. The number of aromatic nitrogens is 4. The molecule has 0 radical (unpaired) electrons. The van der Waals surface area contributed by atoms with E-state index in [9.17, 15) is 9.18 Å². The van der Waals surface area contributed by atoms with Gasteiger partial charge >= 0.3 is 0 Å². The highest BCUT2D eigenvalue weighted by Crippen LogP contribution is 2.27. The number of halogens is 1. The highest BCUT2D eigenvalue weighted by atomic mass is 19.1. The van der Waals surface area contributed by atoms with Gasteiger partial charge in [0.25, 0.3) is 5.91 Å². The number of hydrogen-bond acceptors (Lipinski definition) is 6. The van der Waals surface area contributed by atoms with Crippen molar-refractivity contribution in [3.05, 3.63) is 83.3 Å². The van der Waals surface area contributed by atoms with E-state index < -0.39 is 11.9 Å². The molecule has 186 valence electrons. The van der Waals surface area contributed by atoms with Gasteiger partial charge in [0.05, 0.1) is 24.9 Å². The Kier molecular flexibility index (Phi) is 6.90. The van der Waals surface area contributed by atoms with E-state index in [-0.39, 0.29) is 11.7 Å². The van der Waals surface area contributed by atoms with Crippen LogP contribution in [-0.4, -0.2) is 46.0 Å². The van der Waals surface area contributed by atoms with Gasteiger partial charge in [0.2, 0.25) is 0 Å². The molecule has 0 spiro atoms. The molecule has 1 fully saturated rings. The highest BCUT2D eigenvalue weighted by molar-refractivity contribution is 5.98. The van der Waals surface area contributed by atoms with Crippen molar-refractivity contribution in [1.82, 2.24) is 25.1 Å². The van der Waals surface area contributed by atoms with E-state index >= 15 is 0 Å². The monoisotopic (exact) mass is 489 g/mol. The summed E-state index contributed by atoms with van der Waals surface area (Å²) in [5, 5.41) is 8.12. The number of hydrogen-bond donors (Lipinski definition) is 1. The van der Waals surface area contributed by atoms with Crippen LogP contribution in [0.5, 0.6) is 5.75 Å². The minimum absolute atomic E-state index is 0.140. The number of aryl methyl sites for hydroxylation is 1. The maximum atomic E-state index is 14.5. The van der Waals surface area contributed by atoms with Gasteiger partial charge < -0.3 is 14.8 Å². The van der Waals surface area contributed by atoms with Gasteiger partial charge in [0.1, 0.15) is 5.82 Å². The van der Waals surface area contributed by atoms with Crippen LogP contribution in [0.3, 0.4) is 0 Å². The average Bonchev–Trinajstić information content (AvgIpc) is 3.33. The zero-order chi connectivity index (χ0) is 25.1. The summed E-state index contributed by atoms with van der Waals surface area (Å²) in [5.74, 6) is 0.617. The van der Waals surface area contributed by atoms with E-state index in [1.54, 1.807) is 54.6 Å². The van der Waals surface area contributed by atoms with Crippen molar-refractivity contribution in [2.75, 3.05) is 20.3 Å². The molecule has 1 N–H and O–H groups in total. The Hall–Kier alpha value is -3.85. The van der Waals surface area contributed by atoms with Crippen LogP contribution in [0, 0.1) is 11.7 Å². The van der Waals surface area contributed by atoms with Crippen molar-refractivity contribution in [3.63, 3.8) is 0 Å². The SMILES string of the molecule is COc1ccc([C@H](NC(=O)c2ccc3cnc(CC4CCOCC4)nc3c2)c2cnn(C)c2)cc1F. The number of rotatable bonds is 7. The Morgan fingerprint density at radius 2 is 2.03 bits per heavy atom. The minimum Gasteiger partial charge on any atom is -0.494 e. The summed E-state index contributed by atoms with van der Waals surface area (Å²) < 4.78 is 26.6. The molecular weight excluding hydrogens is 461 g/mol. The predicted molar refractivity (Wildman–Crippen MR) is 132 cm³/mol. The maximum Gasteiger partial charge on any atom is 0.252 e. The number of carbonyl (C=O) groups excluding carboxylic acids is 1. The molecule has 1 saturated heterocycles. The number of carbonyl (C=O) groups is 1. The lowest BCUT2D eigenvalue weighted by Gasteiger charge is -2.21. The lowest BCUT2D eigenvalue weighted by molar-refractivity contribution is 0.0660. The van der Waals surface area contributed by atoms with Crippen LogP contribution in [0.4, 0.5) is 4.39 Å². The van der Waals surface area contributed by atoms with Gasteiger partial charge in [-0.25, -0.2) is 14.4 Å². The van der Waals surface area contributed by atoms with Crippen molar-refractivity contribution in [2.24, 2.45) is 13.0 Å². The van der Waals surface area contributed by atoms with E-state index in [1.807, 2.05) is 6.07 Å². The van der Waals surface area contributed by atoms with Crippen LogP contribution >= 0.6 is 0 Å². The minimum atomic E-state index is -0.600. The Morgan fingerprint density at radius 1 is 1.19 bits per heavy atom. The molecule has 5 rings (SSSR count). The van der Waals surface area contributed by atoms with Crippen LogP contribution < -0.4 is 10.1 Å². The fraction of sp³-hybridized carbons (Fsp3) is 0.333. The number of nitrogens with zero attached hydrogens (tertiary/aromatic N) is 4. The standard InChI is InChI=1S/C27H28FN5O3/c1-33-16-21(15-30-33)26(18-5-6-24(35-2)22(28)12-18)32-27(34)19-3-4-20-14-29-25(31-23(20)13-19)11-17-7-9-36-10-8-17/h3-6,12-17,26H,7-11H2,1-2H3,(H,32,34)/t26-/m0/s1. The summed E-state index contributed by atoms with van der Waals surface area (Å²) in [6.07, 6.45) is 8.06. The zero-order valence-corrected chi connectivity index (χ0v) is 20.3. The number of nitrogens with one attached hydrogen (secondary N) is 1. The summed E-state index contributed by atoms with van der Waals surface area (Å²) in [6.45, 7) is 1.55. The third-order valence-corrected chi connectivity index (χ3v) is 6.55. The molecule has 3 heterocycles. The first-order valence-corrected chi connectivity index (χ1v) is 12.0. The molecule has 1 atom stereocenters. The molecule has 9 heteroatoms. The van der Waals surface area contributed by atoms with Crippen LogP contribution in [0.25, 0.3) is 10.9 Å². The molecule has 0 bridgehead atoms.